The highest BCUT2D eigenvalue weighted by Gasteiger charge is 2.34. The first-order valence-electron chi connectivity index (χ1n) is 9.03. The van der Waals surface area contributed by atoms with Crippen LogP contribution in [0, 0.1) is 0 Å². The van der Waals surface area contributed by atoms with Crippen molar-refractivity contribution in [2.24, 2.45) is 0 Å². The second kappa shape index (κ2) is 10.1. The molecule has 29 heavy (non-hydrogen) atoms. The monoisotopic (exact) mass is 456 g/mol. The van der Waals surface area contributed by atoms with Crippen LogP contribution < -0.4 is 10.0 Å². The highest BCUT2D eigenvalue weighted by Crippen LogP contribution is 2.35. The minimum Gasteiger partial charge on any atom is -0.355 e. The van der Waals surface area contributed by atoms with E-state index in [2.05, 4.69) is 19.8 Å². The van der Waals surface area contributed by atoms with Gasteiger partial charge in [0.05, 0.1) is 15.5 Å². The normalized spacial score (nSPS) is 16.7. The fraction of sp³-hybridized carbons (Fsp3) is 0.588. The molecule has 0 aliphatic carbocycles. The highest BCUT2D eigenvalue weighted by atomic mass is 35.5. The maximum atomic E-state index is 12.9. The zero-order chi connectivity index (χ0) is 21.7. The molecule has 1 heterocycles. The van der Waals surface area contributed by atoms with E-state index in [0.717, 1.165) is 38.3 Å². The van der Waals surface area contributed by atoms with Gasteiger partial charge in [-0.1, -0.05) is 11.6 Å². The molecule has 1 aliphatic rings. The lowest BCUT2D eigenvalue weighted by atomic mass is 10.2. The van der Waals surface area contributed by atoms with Gasteiger partial charge in [-0.15, -0.1) is 0 Å². The average molecular weight is 457 g/mol. The number of nitrogens with one attached hydrogen (secondary N) is 2. The van der Waals surface area contributed by atoms with Gasteiger partial charge in [-0.25, -0.2) is 13.1 Å². The van der Waals surface area contributed by atoms with Crippen molar-refractivity contribution in [3.63, 3.8) is 0 Å². The number of likely N-dealkylation sites (N-methyl/N-ethyl adjacent to an activating group) is 1. The van der Waals surface area contributed by atoms with Gasteiger partial charge in [0.15, 0.2) is 0 Å². The van der Waals surface area contributed by atoms with E-state index in [1.807, 2.05) is 7.05 Å². The van der Waals surface area contributed by atoms with E-state index in [-0.39, 0.29) is 18.9 Å². The second-order valence-electron chi connectivity index (χ2n) is 6.78. The minimum absolute atomic E-state index is 0.123. The van der Waals surface area contributed by atoms with E-state index in [1.165, 1.54) is 0 Å². The molecule has 2 N–H and O–H groups in total. The lowest BCUT2D eigenvalue weighted by Gasteiger charge is -2.32. The Labute approximate surface area is 173 Å². The van der Waals surface area contributed by atoms with Crippen LogP contribution in [0.5, 0.6) is 0 Å². The zero-order valence-electron chi connectivity index (χ0n) is 15.9. The Balaban J connectivity index is 1.78. The van der Waals surface area contributed by atoms with Crippen LogP contribution >= 0.6 is 11.6 Å². The van der Waals surface area contributed by atoms with Gasteiger partial charge in [0.25, 0.3) is 0 Å². The van der Waals surface area contributed by atoms with Gasteiger partial charge in [0.1, 0.15) is 0 Å². The van der Waals surface area contributed by atoms with E-state index >= 15 is 0 Å². The van der Waals surface area contributed by atoms with E-state index in [4.69, 9.17) is 11.6 Å². The number of carbonyl (C=O) groups is 1. The summed E-state index contributed by atoms with van der Waals surface area (Å²) < 4.78 is 65.2. The number of halogens is 4. The zero-order valence-corrected chi connectivity index (χ0v) is 17.5. The number of hydrogen-bond acceptors (Lipinski definition) is 5. The van der Waals surface area contributed by atoms with Gasteiger partial charge < -0.3 is 10.2 Å². The molecule has 2 rings (SSSR count). The van der Waals surface area contributed by atoms with Crippen molar-refractivity contribution in [2.75, 3.05) is 52.9 Å². The summed E-state index contributed by atoms with van der Waals surface area (Å²) in [6, 6.07) is 2.33. The van der Waals surface area contributed by atoms with Gasteiger partial charge in [-0.2, -0.15) is 13.2 Å². The first-order chi connectivity index (χ1) is 13.5. The van der Waals surface area contributed by atoms with E-state index in [1.54, 1.807) is 0 Å². The van der Waals surface area contributed by atoms with E-state index < -0.39 is 31.7 Å². The first-order valence-corrected chi connectivity index (χ1v) is 10.9. The molecule has 164 valence electrons. The Bertz CT molecular complexity index is 813. The molecule has 1 amide bonds. The third-order valence-electron chi connectivity index (χ3n) is 4.54. The fourth-order valence-electron chi connectivity index (χ4n) is 2.78. The fourth-order valence-corrected chi connectivity index (χ4v) is 4.07. The van der Waals surface area contributed by atoms with Gasteiger partial charge in [-0.3, -0.25) is 9.69 Å². The smallest absolute Gasteiger partial charge is 0.355 e. The van der Waals surface area contributed by atoms with Crippen LogP contribution in [-0.4, -0.2) is 77.0 Å². The summed E-state index contributed by atoms with van der Waals surface area (Å²) >= 11 is 5.49. The molecule has 7 nitrogen and oxygen atoms in total. The Morgan fingerprint density at radius 3 is 2.45 bits per heavy atom. The lowest BCUT2D eigenvalue weighted by molar-refractivity contribution is -0.137. The molecule has 12 heteroatoms. The van der Waals surface area contributed by atoms with Gasteiger partial charge in [0, 0.05) is 52.2 Å². The van der Waals surface area contributed by atoms with Crippen LogP contribution in [0.15, 0.2) is 23.1 Å². The molecule has 0 radical (unpaired) electrons. The van der Waals surface area contributed by atoms with Crippen molar-refractivity contribution in [3.05, 3.63) is 28.8 Å². The molecule has 0 bridgehead atoms. The minimum atomic E-state index is -4.77. The Morgan fingerprint density at radius 1 is 1.17 bits per heavy atom. The molecule has 0 spiro atoms. The molecule has 1 fully saturated rings. The molecule has 1 saturated heterocycles. The maximum Gasteiger partial charge on any atom is 0.417 e. The van der Waals surface area contributed by atoms with Crippen molar-refractivity contribution in [1.82, 2.24) is 19.8 Å². The SMILES string of the molecule is CN1CCN(CCNC(=O)CCNS(=O)(=O)c2ccc(Cl)c(C(F)(F)F)c2)CC1. The van der Waals surface area contributed by atoms with Crippen LogP contribution in [-0.2, 0) is 21.0 Å². The van der Waals surface area contributed by atoms with Crippen LogP contribution in [0.1, 0.15) is 12.0 Å². The molecule has 0 aromatic heterocycles. The third kappa shape index (κ3) is 7.41. The predicted octanol–water partition coefficient (Wildman–Crippen LogP) is 1.39. The summed E-state index contributed by atoms with van der Waals surface area (Å²) in [5, 5.41) is 2.12. The summed E-state index contributed by atoms with van der Waals surface area (Å²) in [6.07, 6.45) is -4.89. The number of rotatable bonds is 8. The molecular formula is C17H24ClF3N4O3S. The van der Waals surface area contributed by atoms with Crippen molar-refractivity contribution in [3.8, 4) is 0 Å². The summed E-state index contributed by atoms with van der Waals surface area (Å²) in [7, 11) is -2.15. The molecular weight excluding hydrogens is 433 g/mol. The first kappa shape index (κ1) is 23.9. The lowest BCUT2D eigenvalue weighted by Crippen LogP contribution is -2.47. The molecule has 0 unspecified atom stereocenters. The number of benzene rings is 1. The summed E-state index contributed by atoms with van der Waals surface area (Å²) in [4.78, 5) is 15.7. The van der Waals surface area contributed by atoms with Gasteiger partial charge in [-0.05, 0) is 25.2 Å². The topological polar surface area (TPSA) is 81.8 Å². The number of alkyl halides is 3. The number of carbonyl (C=O) groups excluding carboxylic acids is 1. The Kier molecular flexibility index (Phi) is 8.29. The summed E-state index contributed by atoms with van der Waals surface area (Å²) in [5.41, 5.74) is -1.23. The Hall–Kier alpha value is -1.40. The largest absolute Gasteiger partial charge is 0.417 e. The summed E-state index contributed by atoms with van der Waals surface area (Å²) in [6.45, 7) is 4.71. The molecule has 1 aromatic rings. The molecule has 1 aromatic carbocycles. The Morgan fingerprint density at radius 2 is 1.83 bits per heavy atom. The standard InChI is InChI=1S/C17H24ClF3N4O3S/c1-24-8-10-25(11-9-24)7-6-22-16(26)4-5-23-29(27,28)13-2-3-15(18)14(12-13)17(19,20)21/h2-3,12,23H,4-11H2,1H3,(H,22,26). The van der Waals surface area contributed by atoms with Crippen LogP contribution in [0.4, 0.5) is 13.2 Å². The van der Waals surface area contributed by atoms with Crippen LogP contribution in [0.25, 0.3) is 0 Å². The van der Waals surface area contributed by atoms with Crippen molar-refractivity contribution < 1.29 is 26.4 Å². The number of nitrogens with zero attached hydrogens (tertiary/aromatic N) is 2. The summed E-state index contributed by atoms with van der Waals surface area (Å²) in [5.74, 6) is -0.339. The van der Waals surface area contributed by atoms with Crippen LogP contribution in [0.2, 0.25) is 5.02 Å². The number of hydrogen-bond donors (Lipinski definition) is 2. The van der Waals surface area contributed by atoms with E-state index in [0.29, 0.717) is 19.2 Å². The van der Waals surface area contributed by atoms with E-state index in [9.17, 15) is 26.4 Å². The number of piperazine rings is 1. The van der Waals surface area contributed by atoms with Crippen molar-refractivity contribution >= 4 is 27.5 Å². The second-order valence-corrected chi connectivity index (χ2v) is 8.96. The van der Waals surface area contributed by atoms with Gasteiger partial charge in [0.2, 0.25) is 15.9 Å². The predicted molar refractivity (Wildman–Crippen MR) is 103 cm³/mol. The number of sulfonamides is 1. The molecule has 0 saturated carbocycles. The number of amides is 1. The third-order valence-corrected chi connectivity index (χ3v) is 6.33. The average Bonchev–Trinajstić information content (AvgIpc) is 2.62. The maximum absolute atomic E-state index is 12.9. The van der Waals surface area contributed by atoms with Crippen molar-refractivity contribution in [1.29, 1.82) is 0 Å². The van der Waals surface area contributed by atoms with Crippen LogP contribution in [0.3, 0.4) is 0 Å². The highest BCUT2D eigenvalue weighted by molar-refractivity contribution is 7.89. The van der Waals surface area contributed by atoms with Gasteiger partial charge >= 0.3 is 6.18 Å². The quantitative estimate of drug-likeness (QED) is 0.618. The van der Waals surface area contributed by atoms with Crippen molar-refractivity contribution in [2.45, 2.75) is 17.5 Å². The molecule has 1 aliphatic heterocycles. The molecule has 0 atom stereocenters.